The zero-order chi connectivity index (χ0) is 60.6. The second-order valence-electron chi connectivity index (χ2n) is 27.1. The van der Waals surface area contributed by atoms with Crippen LogP contribution in [0.4, 0.5) is 0 Å². The van der Waals surface area contributed by atoms with Crippen molar-refractivity contribution in [3.8, 4) is 0 Å². The van der Waals surface area contributed by atoms with Crippen LogP contribution < -0.4 is 0 Å². The number of ketones is 1. The maximum Gasteiger partial charge on any atom is 0.187 e. The van der Waals surface area contributed by atoms with Gasteiger partial charge in [0.1, 0.15) is 60.7 Å². The average molecular weight is 1220 g/mol. The number of Topliss-reactive ketones (excluding diaryl/α,β-unsaturated/α-hetero) is 1. The highest BCUT2D eigenvalue weighted by atomic mass is 16.8. The normalized spacial score (nSPS) is 54.7. The molecular weight excluding hydrogens is 1120 g/mol. The Morgan fingerprint density at radius 2 is 1.07 bits per heavy atom. The van der Waals surface area contributed by atoms with Crippen molar-refractivity contribution in [1.29, 1.82) is 0 Å². The Kier molecular flexibility index (Phi) is 20.3. The van der Waals surface area contributed by atoms with E-state index in [0.29, 0.717) is 43.8 Å². The number of carbonyl (C=O) groups is 1. The minimum atomic E-state index is -1.62. The predicted octanol–water partition coefficient (Wildman–Crippen LogP) is 3.30. The van der Waals surface area contributed by atoms with E-state index in [4.69, 9.17) is 85.3 Å². The van der Waals surface area contributed by atoms with Gasteiger partial charge in [-0.3, -0.25) is 4.79 Å². The molecule has 0 amide bonds. The lowest BCUT2D eigenvalue weighted by Gasteiger charge is -2.57. The van der Waals surface area contributed by atoms with E-state index in [-0.39, 0.29) is 54.2 Å². The van der Waals surface area contributed by atoms with Crippen LogP contribution in [-0.2, 0) is 90.1 Å². The first-order chi connectivity index (χ1) is 40.5. The number of ether oxygens (including phenoxy) is 18. The lowest BCUT2D eigenvalue weighted by atomic mass is 9.52. The molecule has 8 saturated heterocycles. The standard InChI is InChI=1S/C61H100O24/c1-27-19-40(78-57-51(67)50(66)49(65)41(26-62)79-57)56(71-12)58(72-27)83-52-29(3)73-45(21-36(52)63)80-53-31(5)75-47(23-38(53)69-10)82-55-32(6)76-48(24-39(55)70-11)81-54-30(4)74-46(22-37(54)68-9)77-34-16-17-59(7)33(20-34)15-18-61-42(59)25-44(85-61)60(8)35(28(2)84-61)13-14-43(60)64/h27-42,44-58,62-63,65-67H,13-26H2,1-12H3. The molecule has 2 bridgehead atoms. The second-order valence-corrected chi connectivity index (χ2v) is 27.1. The summed E-state index contributed by atoms with van der Waals surface area (Å²) in [4.78, 5) is 13.5. The summed E-state index contributed by atoms with van der Waals surface area (Å²) in [6.07, 6.45) is -11.4. The topological polar surface area (TPSA) is 284 Å². The number of aliphatic hydroxyl groups is 5. The second kappa shape index (κ2) is 26.4. The lowest BCUT2D eigenvalue weighted by molar-refractivity contribution is -0.364. The Bertz CT molecular complexity index is 2210. The molecule has 3 saturated carbocycles. The van der Waals surface area contributed by atoms with Crippen molar-refractivity contribution in [3.63, 3.8) is 0 Å². The minimum absolute atomic E-state index is 0.0148. The van der Waals surface area contributed by atoms with Crippen LogP contribution in [0.15, 0.2) is 0 Å². The van der Waals surface area contributed by atoms with Crippen molar-refractivity contribution >= 4 is 5.78 Å². The van der Waals surface area contributed by atoms with Crippen LogP contribution in [0.3, 0.4) is 0 Å². The molecular formula is C61H100O24. The average Bonchev–Trinajstić information content (AvgIpc) is 1.73. The molecule has 24 heteroatoms. The lowest BCUT2D eigenvalue weighted by Crippen LogP contribution is -2.62. The van der Waals surface area contributed by atoms with Crippen LogP contribution in [0.25, 0.3) is 0 Å². The molecule has 0 radical (unpaired) electrons. The smallest absolute Gasteiger partial charge is 0.187 e. The molecule has 3 aliphatic carbocycles. The first-order valence-electron chi connectivity index (χ1n) is 31.7. The number of rotatable bonds is 17. The summed E-state index contributed by atoms with van der Waals surface area (Å²) >= 11 is 0. The molecule has 34 unspecified atom stereocenters. The van der Waals surface area contributed by atoms with Gasteiger partial charge in [0, 0.05) is 85.2 Å². The summed E-state index contributed by atoms with van der Waals surface area (Å²) in [7, 11) is 6.39. The van der Waals surface area contributed by atoms with Crippen molar-refractivity contribution in [2.45, 2.75) is 317 Å². The highest BCUT2D eigenvalue weighted by Crippen LogP contribution is 2.67. The number of hydrogen-bond donors (Lipinski definition) is 5. The van der Waals surface area contributed by atoms with E-state index >= 15 is 0 Å². The van der Waals surface area contributed by atoms with E-state index < -0.39 is 159 Å². The van der Waals surface area contributed by atoms with E-state index in [2.05, 4.69) is 20.8 Å². The highest BCUT2D eigenvalue weighted by Gasteiger charge is 2.70. The summed E-state index contributed by atoms with van der Waals surface area (Å²) in [6, 6.07) is 0. The summed E-state index contributed by atoms with van der Waals surface area (Å²) in [5.74, 6) is 0.591. The fraction of sp³-hybridized carbons (Fsp3) is 0.984. The van der Waals surface area contributed by atoms with Crippen LogP contribution in [0.1, 0.15) is 139 Å². The van der Waals surface area contributed by atoms with Crippen LogP contribution >= 0.6 is 0 Å². The number of hydrogen-bond acceptors (Lipinski definition) is 24. The first kappa shape index (κ1) is 65.2. The van der Waals surface area contributed by atoms with Gasteiger partial charge in [-0.15, -0.1) is 0 Å². The van der Waals surface area contributed by atoms with Crippen LogP contribution in [-0.4, -0.2) is 244 Å². The number of carbonyl (C=O) groups excluding carboxylic acids is 1. The van der Waals surface area contributed by atoms with E-state index in [9.17, 15) is 30.3 Å². The van der Waals surface area contributed by atoms with E-state index in [1.807, 2.05) is 20.8 Å². The monoisotopic (exact) mass is 1220 g/mol. The van der Waals surface area contributed by atoms with E-state index in [1.54, 1.807) is 35.2 Å². The van der Waals surface area contributed by atoms with Gasteiger partial charge in [-0.1, -0.05) is 6.92 Å². The summed E-state index contributed by atoms with van der Waals surface area (Å²) < 4.78 is 115. The molecule has 8 heterocycles. The number of aliphatic hydroxyl groups excluding tert-OH is 5. The fourth-order valence-corrected chi connectivity index (χ4v) is 17.3. The molecule has 11 fully saturated rings. The Balaban J connectivity index is 0.636. The summed E-state index contributed by atoms with van der Waals surface area (Å²) in [6.45, 7) is 15.5. The number of fused-ring (bicyclic) bond motifs is 5. The SMILES string of the molecule is COC1CC(OC2C(C)OC(OC3C(C)OC(OC4CCC5(C)C(CCC67OC(C)C8CCC(=O)C8(C)C(CC65)O7)C4)CC3OC)CC2OC)OC(C)C1OC1CC(O)C(OC2OC(C)CC(OC3OC(CO)C(O)C(O)C3O)C2OC)C(C)O1. The minimum Gasteiger partial charge on any atom is -0.394 e. The van der Waals surface area contributed by atoms with Gasteiger partial charge in [-0.2, -0.15) is 0 Å². The first-order valence-corrected chi connectivity index (χ1v) is 31.7. The summed E-state index contributed by atoms with van der Waals surface area (Å²) in [5, 5.41) is 52.6. The van der Waals surface area contributed by atoms with Gasteiger partial charge < -0.3 is 111 Å². The molecule has 85 heavy (non-hydrogen) atoms. The molecule has 0 aromatic heterocycles. The third kappa shape index (κ3) is 12.5. The van der Waals surface area contributed by atoms with Gasteiger partial charge in [-0.05, 0) is 98.3 Å². The molecule has 24 nitrogen and oxygen atoms in total. The van der Waals surface area contributed by atoms with Crippen molar-refractivity contribution in [1.82, 2.24) is 0 Å². The van der Waals surface area contributed by atoms with Gasteiger partial charge in [-0.25, -0.2) is 0 Å². The maximum atomic E-state index is 13.5. The highest BCUT2D eigenvalue weighted by molar-refractivity contribution is 5.88. The van der Waals surface area contributed by atoms with Crippen molar-refractivity contribution < 1.29 is 116 Å². The number of methoxy groups -OCH3 is 4. The van der Waals surface area contributed by atoms with Crippen LogP contribution in [0.5, 0.6) is 0 Å². The molecule has 11 rings (SSSR count). The van der Waals surface area contributed by atoms with Gasteiger partial charge in [0.25, 0.3) is 0 Å². The molecule has 8 aliphatic heterocycles. The molecule has 488 valence electrons. The fourth-order valence-electron chi connectivity index (χ4n) is 17.3. The Labute approximate surface area is 500 Å². The third-order valence-electron chi connectivity index (χ3n) is 22.1. The maximum absolute atomic E-state index is 13.5. The molecule has 5 N–H and O–H groups in total. The molecule has 11 aliphatic rings. The molecule has 34 atom stereocenters. The van der Waals surface area contributed by atoms with Gasteiger partial charge in [0.15, 0.2) is 43.5 Å². The van der Waals surface area contributed by atoms with Gasteiger partial charge in [0.05, 0.1) is 91.4 Å². The van der Waals surface area contributed by atoms with Crippen molar-refractivity contribution in [2.75, 3.05) is 35.0 Å². The van der Waals surface area contributed by atoms with E-state index in [0.717, 1.165) is 44.9 Å². The Hall–Kier alpha value is -1.25. The molecule has 1 spiro atoms. The molecule has 0 aromatic carbocycles. The summed E-state index contributed by atoms with van der Waals surface area (Å²) in [5.41, 5.74) is -0.469. The van der Waals surface area contributed by atoms with Crippen LogP contribution in [0, 0.1) is 28.6 Å². The third-order valence-corrected chi connectivity index (χ3v) is 22.1. The largest absolute Gasteiger partial charge is 0.394 e. The predicted molar refractivity (Wildman–Crippen MR) is 294 cm³/mol. The van der Waals surface area contributed by atoms with Crippen molar-refractivity contribution in [2.24, 2.45) is 28.6 Å². The van der Waals surface area contributed by atoms with Crippen LogP contribution in [0.2, 0.25) is 0 Å². The van der Waals surface area contributed by atoms with Gasteiger partial charge >= 0.3 is 0 Å². The van der Waals surface area contributed by atoms with Gasteiger partial charge in [0.2, 0.25) is 0 Å². The van der Waals surface area contributed by atoms with Crippen molar-refractivity contribution in [3.05, 3.63) is 0 Å². The van der Waals surface area contributed by atoms with E-state index in [1.165, 1.54) is 7.11 Å². The Morgan fingerprint density at radius 1 is 0.506 bits per heavy atom. The molecule has 0 aromatic rings. The quantitative estimate of drug-likeness (QED) is 0.131. The zero-order valence-electron chi connectivity index (χ0n) is 51.8. The Morgan fingerprint density at radius 3 is 1.62 bits per heavy atom. The zero-order valence-corrected chi connectivity index (χ0v) is 51.8.